The molecule has 0 spiro atoms. The molecule has 6 nitrogen and oxygen atoms in total. The summed E-state index contributed by atoms with van der Waals surface area (Å²) in [5.41, 5.74) is 0.976. The number of rotatable bonds is 3. The van der Waals surface area contributed by atoms with Gasteiger partial charge >= 0.3 is 5.97 Å². The van der Waals surface area contributed by atoms with Crippen molar-refractivity contribution in [1.29, 1.82) is 0 Å². The SMILES string of the molecule is O=C(O)CCN1N=Cc2cccc3cnnc1c23. The Morgan fingerprint density at radius 2 is 2.28 bits per heavy atom. The minimum Gasteiger partial charge on any atom is -0.481 e. The number of benzene rings is 1. The van der Waals surface area contributed by atoms with Gasteiger partial charge in [0.25, 0.3) is 0 Å². The molecule has 0 amide bonds. The quantitative estimate of drug-likeness (QED) is 0.876. The number of hydrogen-bond donors (Lipinski definition) is 1. The highest BCUT2D eigenvalue weighted by atomic mass is 16.4. The highest BCUT2D eigenvalue weighted by molar-refractivity contribution is 6.07. The number of aromatic nitrogens is 2. The number of carbonyl (C=O) groups is 1. The molecule has 1 aliphatic rings. The summed E-state index contributed by atoms with van der Waals surface area (Å²) in [4.78, 5) is 10.6. The Labute approximate surface area is 103 Å². The molecule has 0 unspecified atom stereocenters. The number of hydrogen-bond acceptors (Lipinski definition) is 5. The van der Waals surface area contributed by atoms with E-state index in [1.807, 2.05) is 18.2 Å². The fourth-order valence-electron chi connectivity index (χ4n) is 1.99. The van der Waals surface area contributed by atoms with Gasteiger partial charge in [-0.3, -0.25) is 4.79 Å². The monoisotopic (exact) mass is 242 g/mol. The summed E-state index contributed by atoms with van der Waals surface area (Å²) in [6.07, 6.45) is 3.42. The molecule has 0 aliphatic carbocycles. The maximum absolute atomic E-state index is 10.6. The average Bonchev–Trinajstić information content (AvgIpc) is 2.38. The lowest BCUT2D eigenvalue weighted by Crippen LogP contribution is -2.24. The van der Waals surface area contributed by atoms with E-state index in [-0.39, 0.29) is 13.0 Å². The number of nitrogens with zero attached hydrogens (tertiary/aromatic N) is 4. The third-order valence-electron chi connectivity index (χ3n) is 2.82. The Balaban J connectivity index is 2.07. The summed E-state index contributed by atoms with van der Waals surface area (Å²) < 4.78 is 0. The van der Waals surface area contributed by atoms with Gasteiger partial charge in [-0.15, -0.1) is 5.10 Å². The largest absolute Gasteiger partial charge is 0.481 e. The first-order chi connectivity index (χ1) is 8.75. The molecule has 2 heterocycles. The third-order valence-corrected chi connectivity index (χ3v) is 2.82. The molecule has 0 bridgehead atoms. The predicted octanol–water partition coefficient (Wildman–Crippen LogP) is 1.26. The van der Waals surface area contributed by atoms with Crippen molar-refractivity contribution >= 4 is 28.8 Å². The first-order valence-electron chi connectivity index (χ1n) is 5.53. The van der Waals surface area contributed by atoms with Crippen LogP contribution < -0.4 is 5.01 Å². The molecule has 6 heteroatoms. The molecule has 0 saturated carbocycles. The summed E-state index contributed by atoms with van der Waals surface area (Å²) in [6.45, 7) is 0.286. The molecule has 2 aromatic rings. The van der Waals surface area contributed by atoms with Crippen LogP contribution in [0.2, 0.25) is 0 Å². The molecule has 1 aliphatic heterocycles. The first kappa shape index (κ1) is 10.6. The van der Waals surface area contributed by atoms with Crippen LogP contribution in [0, 0.1) is 0 Å². The molecule has 0 radical (unpaired) electrons. The average molecular weight is 242 g/mol. The van der Waals surface area contributed by atoms with E-state index in [1.165, 1.54) is 0 Å². The lowest BCUT2D eigenvalue weighted by Gasteiger charge is -2.22. The van der Waals surface area contributed by atoms with E-state index in [0.29, 0.717) is 5.82 Å². The van der Waals surface area contributed by atoms with Crippen LogP contribution in [0.1, 0.15) is 12.0 Å². The maximum atomic E-state index is 10.6. The lowest BCUT2D eigenvalue weighted by molar-refractivity contribution is -0.136. The van der Waals surface area contributed by atoms with Gasteiger partial charge in [0.15, 0.2) is 5.82 Å². The van der Waals surface area contributed by atoms with Gasteiger partial charge in [0.2, 0.25) is 0 Å². The van der Waals surface area contributed by atoms with Crippen LogP contribution in [0.4, 0.5) is 5.82 Å². The first-order valence-corrected chi connectivity index (χ1v) is 5.53. The van der Waals surface area contributed by atoms with E-state index in [1.54, 1.807) is 17.4 Å². The second-order valence-electron chi connectivity index (χ2n) is 3.99. The molecule has 0 fully saturated rings. The van der Waals surface area contributed by atoms with Crippen molar-refractivity contribution in [3.05, 3.63) is 30.0 Å². The second kappa shape index (κ2) is 4.06. The molecule has 3 rings (SSSR count). The molecular formula is C12H10N4O2. The highest BCUT2D eigenvalue weighted by Gasteiger charge is 2.18. The lowest BCUT2D eigenvalue weighted by atomic mass is 10.1. The van der Waals surface area contributed by atoms with Gasteiger partial charge in [-0.1, -0.05) is 18.2 Å². The van der Waals surface area contributed by atoms with Crippen molar-refractivity contribution in [2.24, 2.45) is 5.10 Å². The Morgan fingerprint density at radius 1 is 1.39 bits per heavy atom. The van der Waals surface area contributed by atoms with E-state index in [9.17, 15) is 4.79 Å². The topological polar surface area (TPSA) is 78.7 Å². The molecule has 1 N–H and O–H groups in total. The van der Waals surface area contributed by atoms with Crippen LogP contribution in [0.5, 0.6) is 0 Å². The number of anilines is 1. The number of aliphatic carboxylic acids is 1. The van der Waals surface area contributed by atoms with Crippen LogP contribution in [-0.4, -0.2) is 34.0 Å². The van der Waals surface area contributed by atoms with Crippen molar-refractivity contribution in [2.45, 2.75) is 6.42 Å². The molecule has 1 aromatic carbocycles. The van der Waals surface area contributed by atoms with E-state index in [4.69, 9.17) is 5.11 Å². The Bertz CT molecular complexity index is 648. The van der Waals surface area contributed by atoms with Crippen molar-refractivity contribution in [2.75, 3.05) is 11.6 Å². The smallest absolute Gasteiger partial charge is 0.305 e. The van der Waals surface area contributed by atoms with Crippen LogP contribution >= 0.6 is 0 Å². The van der Waals surface area contributed by atoms with E-state index in [2.05, 4.69) is 15.3 Å². The van der Waals surface area contributed by atoms with Crippen molar-refractivity contribution in [1.82, 2.24) is 10.2 Å². The summed E-state index contributed by atoms with van der Waals surface area (Å²) in [7, 11) is 0. The molecule has 0 atom stereocenters. The molecule has 1 aromatic heterocycles. The van der Waals surface area contributed by atoms with Gasteiger partial charge in [0.05, 0.1) is 25.4 Å². The van der Waals surface area contributed by atoms with Crippen molar-refractivity contribution < 1.29 is 9.90 Å². The fraction of sp³-hybridized carbons (Fsp3) is 0.167. The highest BCUT2D eigenvalue weighted by Crippen LogP contribution is 2.29. The normalized spacial score (nSPS) is 13.0. The standard InChI is InChI=1S/C12H10N4O2/c17-10(18)4-5-16-12-11-8(6-13-15-12)2-1-3-9(11)7-14-16/h1-3,6-7H,4-5H2,(H,17,18). The van der Waals surface area contributed by atoms with Crippen LogP contribution in [0.25, 0.3) is 10.8 Å². The van der Waals surface area contributed by atoms with Gasteiger partial charge in [-0.2, -0.15) is 10.2 Å². The van der Waals surface area contributed by atoms with Crippen molar-refractivity contribution in [3.8, 4) is 0 Å². The van der Waals surface area contributed by atoms with Gasteiger partial charge < -0.3 is 5.11 Å². The maximum Gasteiger partial charge on any atom is 0.305 e. The minimum absolute atomic E-state index is 0.0115. The predicted molar refractivity (Wildman–Crippen MR) is 66.7 cm³/mol. The zero-order valence-electron chi connectivity index (χ0n) is 9.45. The van der Waals surface area contributed by atoms with Crippen LogP contribution in [0.15, 0.2) is 29.5 Å². The molecule has 0 saturated heterocycles. The summed E-state index contributed by atoms with van der Waals surface area (Å²) in [6, 6.07) is 5.83. The molecule has 18 heavy (non-hydrogen) atoms. The van der Waals surface area contributed by atoms with Gasteiger partial charge in [-0.25, -0.2) is 5.01 Å². The third kappa shape index (κ3) is 1.67. The molecular weight excluding hydrogens is 232 g/mol. The van der Waals surface area contributed by atoms with Crippen LogP contribution in [-0.2, 0) is 4.79 Å². The van der Waals surface area contributed by atoms with Crippen LogP contribution in [0.3, 0.4) is 0 Å². The van der Waals surface area contributed by atoms with Gasteiger partial charge in [0.1, 0.15) is 0 Å². The zero-order chi connectivity index (χ0) is 12.5. The van der Waals surface area contributed by atoms with Crippen molar-refractivity contribution in [3.63, 3.8) is 0 Å². The second-order valence-corrected chi connectivity index (χ2v) is 3.99. The number of carboxylic acid groups (broad SMARTS) is 1. The Morgan fingerprint density at radius 3 is 3.11 bits per heavy atom. The Hall–Kier alpha value is -2.50. The molecule has 90 valence electrons. The number of carboxylic acids is 1. The zero-order valence-corrected chi connectivity index (χ0v) is 9.45. The summed E-state index contributed by atoms with van der Waals surface area (Å²) in [5, 5.41) is 24.4. The summed E-state index contributed by atoms with van der Waals surface area (Å²) >= 11 is 0. The van der Waals surface area contributed by atoms with Gasteiger partial charge in [0, 0.05) is 16.3 Å². The minimum atomic E-state index is -0.857. The number of hydrazone groups is 1. The van der Waals surface area contributed by atoms with E-state index < -0.39 is 5.97 Å². The summed E-state index contributed by atoms with van der Waals surface area (Å²) in [5.74, 6) is -0.240. The van der Waals surface area contributed by atoms with Gasteiger partial charge in [-0.05, 0) is 0 Å². The fourth-order valence-corrected chi connectivity index (χ4v) is 1.99. The Kier molecular flexibility index (Phi) is 2.40. The van der Waals surface area contributed by atoms with E-state index in [0.717, 1.165) is 16.3 Å². The van der Waals surface area contributed by atoms with E-state index >= 15 is 0 Å².